The minimum atomic E-state index is -0.959. The standard InChI is InChI=1S/C14H27NO4/c1-3-5-7-11(8-6-4-2)15-12(14(18)19)9-10-13(16)17/h11-12,15H,3-10H2,1-2H3,(H,16,17)(H,18,19)/t12-/m0/s1. The van der Waals surface area contributed by atoms with Crippen LogP contribution in [0.3, 0.4) is 0 Å². The lowest BCUT2D eigenvalue weighted by atomic mass is 10.0. The number of unbranched alkanes of at least 4 members (excludes halogenated alkanes) is 2. The number of carbonyl (C=O) groups is 2. The van der Waals surface area contributed by atoms with Gasteiger partial charge in [-0.1, -0.05) is 39.5 Å². The monoisotopic (exact) mass is 273 g/mol. The van der Waals surface area contributed by atoms with E-state index in [1.807, 2.05) is 0 Å². The third kappa shape index (κ3) is 9.47. The molecule has 0 aliphatic carbocycles. The number of hydrogen-bond acceptors (Lipinski definition) is 3. The van der Waals surface area contributed by atoms with E-state index in [2.05, 4.69) is 19.2 Å². The number of aliphatic carboxylic acids is 2. The Morgan fingerprint density at radius 1 is 1.00 bits per heavy atom. The van der Waals surface area contributed by atoms with Crippen LogP contribution in [0.2, 0.25) is 0 Å². The Balaban J connectivity index is 4.35. The van der Waals surface area contributed by atoms with Gasteiger partial charge in [-0.15, -0.1) is 0 Å². The Morgan fingerprint density at radius 2 is 1.53 bits per heavy atom. The first kappa shape index (κ1) is 17.9. The second-order valence-corrected chi connectivity index (χ2v) is 4.97. The number of carboxylic acid groups (broad SMARTS) is 2. The smallest absolute Gasteiger partial charge is 0.320 e. The second kappa shape index (κ2) is 10.8. The summed E-state index contributed by atoms with van der Waals surface area (Å²) in [6.07, 6.45) is 6.21. The van der Waals surface area contributed by atoms with E-state index in [4.69, 9.17) is 10.2 Å². The maximum absolute atomic E-state index is 11.1. The van der Waals surface area contributed by atoms with Gasteiger partial charge in [0.15, 0.2) is 0 Å². The summed E-state index contributed by atoms with van der Waals surface area (Å²) in [6.45, 7) is 4.21. The summed E-state index contributed by atoms with van der Waals surface area (Å²) in [7, 11) is 0. The largest absolute Gasteiger partial charge is 0.481 e. The Hall–Kier alpha value is -1.10. The fourth-order valence-corrected chi connectivity index (χ4v) is 2.04. The van der Waals surface area contributed by atoms with Gasteiger partial charge in [-0.25, -0.2) is 0 Å². The summed E-state index contributed by atoms with van der Waals surface area (Å²) in [4.78, 5) is 21.7. The molecule has 0 unspecified atom stereocenters. The fraction of sp³-hybridized carbons (Fsp3) is 0.857. The van der Waals surface area contributed by atoms with Gasteiger partial charge in [0.05, 0.1) is 0 Å². The van der Waals surface area contributed by atoms with Gasteiger partial charge in [-0.05, 0) is 19.3 Å². The molecule has 3 N–H and O–H groups in total. The third-order valence-electron chi connectivity index (χ3n) is 3.19. The molecule has 0 aliphatic rings. The van der Waals surface area contributed by atoms with Crippen LogP contribution in [0, 0.1) is 0 Å². The zero-order valence-electron chi connectivity index (χ0n) is 12.0. The number of carboxylic acids is 2. The van der Waals surface area contributed by atoms with Gasteiger partial charge in [0.25, 0.3) is 0 Å². The van der Waals surface area contributed by atoms with Crippen molar-refractivity contribution in [3.8, 4) is 0 Å². The molecule has 0 spiro atoms. The molecule has 0 rings (SSSR count). The molecule has 19 heavy (non-hydrogen) atoms. The van der Waals surface area contributed by atoms with Crippen LogP contribution >= 0.6 is 0 Å². The molecule has 1 atom stereocenters. The van der Waals surface area contributed by atoms with Crippen LogP contribution in [0.15, 0.2) is 0 Å². The average Bonchev–Trinajstić information content (AvgIpc) is 2.36. The van der Waals surface area contributed by atoms with Crippen LogP contribution in [-0.4, -0.2) is 34.2 Å². The highest BCUT2D eigenvalue weighted by Gasteiger charge is 2.21. The number of nitrogens with one attached hydrogen (secondary N) is 1. The summed E-state index contributed by atoms with van der Waals surface area (Å²) in [5, 5.41) is 20.9. The van der Waals surface area contributed by atoms with E-state index in [0.717, 1.165) is 38.5 Å². The molecule has 0 saturated heterocycles. The summed E-state index contributed by atoms with van der Waals surface area (Å²) >= 11 is 0. The van der Waals surface area contributed by atoms with Crippen molar-refractivity contribution in [1.29, 1.82) is 0 Å². The highest BCUT2D eigenvalue weighted by atomic mass is 16.4. The van der Waals surface area contributed by atoms with Crippen LogP contribution in [0.1, 0.15) is 65.2 Å². The van der Waals surface area contributed by atoms with Gasteiger partial charge >= 0.3 is 11.9 Å². The molecule has 0 heterocycles. The third-order valence-corrected chi connectivity index (χ3v) is 3.19. The van der Waals surface area contributed by atoms with Crippen molar-refractivity contribution in [3.63, 3.8) is 0 Å². The van der Waals surface area contributed by atoms with E-state index >= 15 is 0 Å². The van der Waals surface area contributed by atoms with E-state index in [0.29, 0.717) is 0 Å². The molecule has 0 aromatic carbocycles. The lowest BCUT2D eigenvalue weighted by Gasteiger charge is -2.23. The lowest BCUT2D eigenvalue weighted by molar-refractivity contribution is -0.141. The summed E-state index contributed by atoms with van der Waals surface area (Å²) in [5.74, 6) is -1.91. The SMILES string of the molecule is CCCCC(CCCC)N[C@@H](CCC(=O)O)C(=O)O. The maximum Gasteiger partial charge on any atom is 0.320 e. The van der Waals surface area contributed by atoms with Crippen molar-refractivity contribution in [1.82, 2.24) is 5.32 Å². The normalized spacial score (nSPS) is 12.6. The Bertz CT molecular complexity index is 260. The van der Waals surface area contributed by atoms with Crippen LogP contribution in [-0.2, 0) is 9.59 Å². The zero-order chi connectivity index (χ0) is 14.7. The molecule has 0 bridgehead atoms. The van der Waals surface area contributed by atoms with Crippen LogP contribution in [0.25, 0.3) is 0 Å². The second-order valence-electron chi connectivity index (χ2n) is 4.97. The van der Waals surface area contributed by atoms with E-state index in [1.54, 1.807) is 0 Å². The predicted octanol–water partition coefficient (Wildman–Crippen LogP) is 2.64. The highest BCUT2D eigenvalue weighted by Crippen LogP contribution is 2.11. The van der Waals surface area contributed by atoms with Gasteiger partial charge in [-0.3, -0.25) is 9.59 Å². The molecule has 0 saturated carbocycles. The summed E-state index contributed by atoms with van der Waals surface area (Å²) in [5.41, 5.74) is 0. The van der Waals surface area contributed by atoms with Gasteiger partial charge in [0, 0.05) is 12.5 Å². The Kier molecular flexibility index (Phi) is 10.2. The Morgan fingerprint density at radius 3 is 1.89 bits per heavy atom. The van der Waals surface area contributed by atoms with E-state index in [9.17, 15) is 9.59 Å². The predicted molar refractivity (Wildman–Crippen MR) is 74.3 cm³/mol. The fourth-order valence-electron chi connectivity index (χ4n) is 2.04. The number of hydrogen-bond donors (Lipinski definition) is 3. The molecular formula is C14H27NO4. The first-order chi connectivity index (χ1) is 9.01. The highest BCUT2D eigenvalue weighted by molar-refractivity contribution is 5.75. The molecule has 0 aromatic rings. The molecular weight excluding hydrogens is 246 g/mol. The summed E-state index contributed by atoms with van der Waals surface area (Å²) in [6, 6.07) is -0.579. The molecule has 0 aromatic heterocycles. The molecule has 0 amide bonds. The van der Waals surface area contributed by atoms with Gasteiger partial charge in [-0.2, -0.15) is 0 Å². The van der Waals surface area contributed by atoms with Crippen molar-refractivity contribution in [3.05, 3.63) is 0 Å². The zero-order valence-corrected chi connectivity index (χ0v) is 12.0. The van der Waals surface area contributed by atoms with Crippen LogP contribution in [0.4, 0.5) is 0 Å². The topological polar surface area (TPSA) is 86.6 Å². The molecule has 5 nitrogen and oxygen atoms in total. The summed E-state index contributed by atoms with van der Waals surface area (Å²) < 4.78 is 0. The van der Waals surface area contributed by atoms with Gasteiger partial charge in [0.1, 0.15) is 6.04 Å². The molecule has 0 radical (unpaired) electrons. The Labute approximate surface area is 115 Å². The molecule has 0 fully saturated rings. The van der Waals surface area contributed by atoms with Gasteiger partial charge < -0.3 is 15.5 Å². The quantitative estimate of drug-likeness (QED) is 0.509. The van der Waals surface area contributed by atoms with E-state index in [1.165, 1.54) is 0 Å². The minimum Gasteiger partial charge on any atom is -0.481 e. The van der Waals surface area contributed by atoms with Crippen molar-refractivity contribution in [2.45, 2.75) is 77.3 Å². The minimum absolute atomic E-state index is 0.113. The molecule has 112 valence electrons. The molecule has 5 heteroatoms. The van der Waals surface area contributed by atoms with Crippen molar-refractivity contribution >= 4 is 11.9 Å². The lowest BCUT2D eigenvalue weighted by Crippen LogP contribution is -2.43. The van der Waals surface area contributed by atoms with Crippen molar-refractivity contribution < 1.29 is 19.8 Å². The van der Waals surface area contributed by atoms with Gasteiger partial charge in [0.2, 0.25) is 0 Å². The first-order valence-electron chi connectivity index (χ1n) is 7.21. The average molecular weight is 273 g/mol. The maximum atomic E-state index is 11.1. The van der Waals surface area contributed by atoms with Crippen LogP contribution in [0.5, 0.6) is 0 Å². The van der Waals surface area contributed by atoms with Crippen LogP contribution < -0.4 is 5.32 Å². The van der Waals surface area contributed by atoms with E-state index < -0.39 is 18.0 Å². The number of rotatable bonds is 12. The van der Waals surface area contributed by atoms with Crippen molar-refractivity contribution in [2.24, 2.45) is 0 Å². The molecule has 0 aliphatic heterocycles. The van der Waals surface area contributed by atoms with Crippen molar-refractivity contribution in [2.75, 3.05) is 0 Å². The van der Waals surface area contributed by atoms with E-state index in [-0.39, 0.29) is 18.9 Å². The first-order valence-corrected chi connectivity index (χ1v) is 7.21.